The van der Waals surface area contributed by atoms with Crippen LogP contribution in [0, 0.1) is 4.78 Å². The van der Waals surface area contributed by atoms with E-state index in [0.717, 1.165) is 0 Å². The molecule has 0 heterocycles. The van der Waals surface area contributed by atoms with Gasteiger partial charge in [-0.1, -0.05) is 0 Å². The van der Waals surface area contributed by atoms with Crippen LogP contribution in [-0.4, -0.2) is 0 Å². The minimum atomic E-state index is 0. The van der Waals surface area contributed by atoms with Crippen molar-refractivity contribution in [1.82, 2.24) is 6.15 Å². The van der Waals surface area contributed by atoms with E-state index in [9.17, 15) is 0 Å². The average molecular weight is 101 g/mol. The van der Waals surface area contributed by atoms with E-state index < -0.39 is 0 Å². The minimum absolute atomic E-state index is 0. The topological polar surface area (TPSA) is 58.9 Å². The summed E-state index contributed by atoms with van der Waals surface area (Å²) in [7, 11) is 0. The van der Waals surface area contributed by atoms with Gasteiger partial charge in [0.25, 0.3) is 0 Å². The fourth-order valence-electron chi connectivity index (χ4n) is 0. The molecule has 28 valence electrons. The Morgan fingerprint density at radius 1 is 1.25 bits per heavy atom. The van der Waals surface area contributed by atoms with Crippen molar-refractivity contribution in [3.63, 3.8) is 0 Å². The van der Waals surface area contributed by atoms with Gasteiger partial charge >= 0.3 is 0 Å². The maximum Gasteiger partial charge on any atom is 0.0324 e. The standard InChI is InChI=1S/ClH.HNS.H3N/c;1-2;/h1H;1H;1H3. The molecule has 0 amide bonds. The fourth-order valence-corrected chi connectivity index (χ4v) is 0. The molecule has 0 bridgehead atoms. The molecule has 0 saturated carbocycles. The van der Waals surface area contributed by atoms with Crippen molar-refractivity contribution < 1.29 is 0 Å². The van der Waals surface area contributed by atoms with Gasteiger partial charge in [-0.2, -0.15) is 0 Å². The van der Waals surface area contributed by atoms with Crippen LogP contribution < -0.4 is 6.15 Å². The maximum atomic E-state index is 5.33. The predicted molar refractivity (Wildman–Crippen MR) is 22.4 cm³/mol. The van der Waals surface area contributed by atoms with E-state index in [4.69, 9.17) is 4.78 Å². The Morgan fingerprint density at radius 2 is 1.25 bits per heavy atom. The van der Waals surface area contributed by atoms with E-state index in [1.165, 1.54) is 0 Å². The molecular formula is H5ClN2S. The summed E-state index contributed by atoms with van der Waals surface area (Å²) in [4.78, 5) is 0. The third kappa shape index (κ3) is 50.2. The van der Waals surface area contributed by atoms with Gasteiger partial charge in [0.05, 0.1) is 0 Å². The first kappa shape index (κ1) is 28.3. The first-order valence-electron chi connectivity index (χ1n) is 0.204. The van der Waals surface area contributed by atoms with Crippen LogP contribution in [0.2, 0.25) is 0 Å². The van der Waals surface area contributed by atoms with Crippen molar-refractivity contribution in [2.24, 2.45) is 0 Å². The largest absolute Gasteiger partial charge is 0.344 e. The van der Waals surface area contributed by atoms with Crippen LogP contribution in [0.15, 0.2) is 0 Å². The predicted octanol–water partition coefficient (Wildman–Crippen LogP) is 0.879. The third-order valence-corrected chi connectivity index (χ3v) is 0. The highest BCUT2D eigenvalue weighted by molar-refractivity contribution is 7.45. The highest BCUT2D eigenvalue weighted by atomic mass is 35.5. The number of halogens is 1. The van der Waals surface area contributed by atoms with Gasteiger partial charge in [-0.15, -0.1) is 12.4 Å². The summed E-state index contributed by atoms with van der Waals surface area (Å²) in [6.07, 6.45) is 0. The molecule has 0 rings (SSSR count). The Balaban J connectivity index is -0.00000000500. The van der Waals surface area contributed by atoms with E-state index in [0.29, 0.717) is 0 Å². The monoisotopic (exact) mass is 100.0 g/mol. The first-order valence-corrected chi connectivity index (χ1v) is 0.612. The first-order chi connectivity index (χ1) is 1.00. The molecular weight excluding hydrogens is 95.5 g/mol. The number of hydrogen-bond donors (Lipinski definition) is 2. The zero-order chi connectivity index (χ0) is 2.00. The molecule has 0 aliphatic heterocycles. The SMILES string of the molecule is Cl.N.N=S. The molecule has 0 radical (unpaired) electrons. The van der Waals surface area contributed by atoms with E-state index in [-0.39, 0.29) is 18.6 Å². The van der Waals surface area contributed by atoms with Crippen molar-refractivity contribution in [3.05, 3.63) is 0 Å². The van der Waals surface area contributed by atoms with Crippen LogP contribution in [-0.2, 0) is 12.4 Å². The van der Waals surface area contributed by atoms with Crippen molar-refractivity contribution in [1.29, 1.82) is 4.78 Å². The molecule has 2 nitrogen and oxygen atoms in total. The van der Waals surface area contributed by atoms with Gasteiger partial charge < -0.3 is 6.15 Å². The second kappa shape index (κ2) is 231. The fraction of sp³-hybridized carbons (Fsp3) is 0. The van der Waals surface area contributed by atoms with Gasteiger partial charge in [-0.05, 0) is 0 Å². The zero-order valence-electron chi connectivity index (χ0n) is 2.02. The molecule has 4 N–H and O–H groups in total. The van der Waals surface area contributed by atoms with Crippen LogP contribution in [0.4, 0.5) is 0 Å². The quantitative estimate of drug-likeness (QED) is 0.475. The Labute approximate surface area is 36.5 Å². The molecule has 0 aliphatic rings. The zero-order valence-corrected chi connectivity index (χ0v) is 3.66. The normalized spacial score (nSPS) is 1.00. The molecule has 0 spiro atoms. The van der Waals surface area contributed by atoms with Gasteiger partial charge in [0.1, 0.15) is 0 Å². The second-order valence-corrected chi connectivity index (χ2v) is 0. The van der Waals surface area contributed by atoms with E-state index in [1.807, 2.05) is 0 Å². The highest BCUT2D eigenvalue weighted by Gasteiger charge is 0.618. The second-order valence-electron chi connectivity index (χ2n) is 0. The summed E-state index contributed by atoms with van der Waals surface area (Å²) in [6, 6.07) is 0. The van der Waals surface area contributed by atoms with E-state index >= 15 is 0 Å². The van der Waals surface area contributed by atoms with E-state index in [1.54, 1.807) is 0 Å². The Morgan fingerprint density at radius 3 is 1.25 bits per heavy atom. The molecule has 4 heavy (non-hydrogen) atoms. The summed E-state index contributed by atoms with van der Waals surface area (Å²) >= 11 is 3.33. The molecule has 0 aliphatic carbocycles. The van der Waals surface area contributed by atoms with E-state index in [2.05, 4.69) is 12.4 Å². The summed E-state index contributed by atoms with van der Waals surface area (Å²) in [5.74, 6) is 0. The van der Waals surface area contributed by atoms with Crippen molar-refractivity contribution in [2.75, 3.05) is 0 Å². The van der Waals surface area contributed by atoms with Crippen LogP contribution in [0.3, 0.4) is 0 Å². The van der Waals surface area contributed by atoms with Crippen LogP contribution in [0.25, 0.3) is 0 Å². The number of nitrogens with one attached hydrogen (secondary N) is 1. The number of rotatable bonds is 0. The van der Waals surface area contributed by atoms with Gasteiger partial charge in [0, 0.05) is 12.4 Å². The summed E-state index contributed by atoms with van der Waals surface area (Å²) in [5.41, 5.74) is 0. The molecule has 0 aromatic heterocycles. The van der Waals surface area contributed by atoms with Gasteiger partial charge in [0.2, 0.25) is 0 Å². The van der Waals surface area contributed by atoms with Gasteiger partial charge in [-0.25, -0.2) is 4.78 Å². The Hall–Kier alpha value is 0.270. The summed E-state index contributed by atoms with van der Waals surface area (Å²) in [6.45, 7) is 0. The molecule has 0 aromatic carbocycles. The third-order valence-electron chi connectivity index (χ3n) is 0. The van der Waals surface area contributed by atoms with Gasteiger partial charge in [-0.3, -0.25) is 0 Å². The molecule has 0 fully saturated rings. The molecule has 0 unspecified atom stereocenters. The van der Waals surface area contributed by atoms with Crippen molar-refractivity contribution in [2.45, 2.75) is 0 Å². The van der Waals surface area contributed by atoms with Crippen LogP contribution in [0.1, 0.15) is 0 Å². The molecule has 0 atom stereocenters. The van der Waals surface area contributed by atoms with Gasteiger partial charge in [0.15, 0.2) is 0 Å². The average Bonchev–Trinajstić information content (AvgIpc) is 1.00. The lowest BCUT2D eigenvalue weighted by Crippen LogP contribution is -0.668. The lowest BCUT2D eigenvalue weighted by atomic mass is 14.0. The smallest absolute Gasteiger partial charge is 0.0324 e. The summed E-state index contributed by atoms with van der Waals surface area (Å²) < 4.78 is 5.33. The van der Waals surface area contributed by atoms with Crippen molar-refractivity contribution in [3.8, 4) is 0 Å². The molecule has 4 heteroatoms. The number of hydrogen-bond acceptors (Lipinski definition) is 3. The lowest BCUT2D eigenvalue weighted by molar-refractivity contribution is 1.67. The Kier molecular flexibility index (Phi) is 1640. The van der Waals surface area contributed by atoms with Crippen LogP contribution in [0.5, 0.6) is 0 Å². The summed E-state index contributed by atoms with van der Waals surface area (Å²) in [5, 5.41) is 0. The van der Waals surface area contributed by atoms with Crippen molar-refractivity contribution >= 4 is 24.8 Å². The van der Waals surface area contributed by atoms with Crippen LogP contribution >= 0.6 is 12.4 Å². The minimum Gasteiger partial charge on any atom is -0.344 e. The molecule has 0 saturated heterocycles. The lowest BCUT2D eigenvalue weighted by Gasteiger charge is -0.821. The maximum absolute atomic E-state index is 5.33. The molecule has 0 aromatic rings. The Bertz CT molecular complexity index is 6.00. The highest BCUT2D eigenvalue weighted by Crippen LogP contribution is 0.749.